The molecule has 2 fully saturated rings. The third-order valence-corrected chi connectivity index (χ3v) is 7.00. The smallest absolute Gasteiger partial charge is 0.257 e. The molecular formula is C25H31BrN4O3. The highest BCUT2D eigenvalue weighted by molar-refractivity contribution is 9.10. The molecule has 0 N–H and O–H groups in total. The van der Waals surface area contributed by atoms with E-state index in [9.17, 15) is 9.59 Å². The van der Waals surface area contributed by atoms with Gasteiger partial charge in [-0.3, -0.25) is 9.59 Å². The van der Waals surface area contributed by atoms with Crippen molar-refractivity contribution >= 4 is 27.7 Å². The predicted octanol–water partition coefficient (Wildman–Crippen LogP) is 4.17. The molecule has 4 rings (SSSR count). The summed E-state index contributed by atoms with van der Waals surface area (Å²) in [6.07, 6.45) is 5.83. The zero-order chi connectivity index (χ0) is 23.4. The second-order valence-electron chi connectivity index (χ2n) is 8.98. The van der Waals surface area contributed by atoms with Crippen LogP contribution >= 0.6 is 15.9 Å². The van der Waals surface area contributed by atoms with Crippen LogP contribution in [0.15, 0.2) is 34.9 Å². The van der Waals surface area contributed by atoms with Crippen molar-refractivity contribution < 1.29 is 14.3 Å². The monoisotopic (exact) mass is 514 g/mol. The summed E-state index contributed by atoms with van der Waals surface area (Å²) < 4.78 is 7.29. The fourth-order valence-electron chi connectivity index (χ4n) is 4.72. The molecule has 0 unspecified atom stereocenters. The van der Waals surface area contributed by atoms with Crippen LogP contribution in [0.1, 0.15) is 54.0 Å². The van der Waals surface area contributed by atoms with Crippen LogP contribution in [0.4, 0.5) is 0 Å². The quantitative estimate of drug-likeness (QED) is 0.598. The third kappa shape index (κ3) is 5.91. The van der Waals surface area contributed by atoms with E-state index in [4.69, 9.17) is 4.74 Å². The van der Waals surface area contributed by atoms with Gasteiger partial charge >= 0.3 is 0 Å². The largest absolute Gasteiger partial charge is 0.490 e. The highest BCUT2D eigenvalue weighted by Crippen LogP contribution is 2.29. The lowest BCUT2D eigenvalue weighted by molar-refractivity contribution is -0.134. The molecule has 2 aliphatic heterocycles. The van der Waals surface area contributed by atoms with Crippen molar-refractivity contribution in [2.24, 2.45) is 5.92 Å². The van der Waals surface area contributed by atoms with E-state index >= 15 is 0 Å². The van der Waals surface area contributed by atoms with Crippen molar-refractivity contribution in [2.45, 2.75) is 52.1 Å². The Morgan fingerprint density at radius 3 is 2.64 bits per heavy atom. The van der Waals surface area contributed by atoms with Crippen molar-refractivity contribution in [1.29, 1.82) is 0 Å². The molecular weight excluding hydrogens is 484 g/mol. The van der Waals surface area contributed by atoms with Gasteiger partial charge in [-0.1, -0.05) is 22.0 Å². The van der Waals surface area contributed by atoms with E-state index in [0.717, 1.165) is 36.2 Å². The van der Waals surface area contributed by atoms with Crippen molar-refractivity contribution in [3.05, 3.63) is 52.0 Å². The molecule has 2 aliphatic rings. The third-order valence-electron chi connectivity index (χ3n) is 6.51. The molecule has 0 bridgehead atoms. The number of amides is 2. The number of halogens is 1. The summed E-state index contributed by atoms with van der Waals surface area (Å²) in [6, 6.07) is 7.76. The minimum Gasteiger partial charge on any atom is -0.490 e. The van der Waals surface area contributed by atoms with Crippen LogP contribution in [0.25, 0.3) is 0 Å². The van der Waals surface area contributed by atoms with Crippen LogP contribution in [-0.4, -0.2) is 63.9 Å². The zero-order valence-corrected chi connectivity index (χ0v) is 20.9. The Hall–Kier alpha value is -2.48. The number of hydrogen-bond acceptors (Lipinski definition) is 5. The molecule has 2 atom stereocenters. The number of ether oxygens (including phenoxy) is 1. The van der Waals surface area contributed by atoms with Gasteiger partial charge in [0.05, 0.1) is 11.3 Å². The average Bonchev–Trinajstić information content (AvgIpc) is 2.80. The van der Waals surface area contributed by atoms with E-state index in [-0.39, 0.29) is 23.8 Å². The van der Waals surface area contributed by atoms with Gasteiger partial charge in [-0.05, 0) is 51.3 Å². The van der Waals surface area contributed by atoms with Crippen LogP contribution in [-0.2, 0) is 4.79 Å². The number of rotatable bonds is 5. The van der Waals surface area contributed by atoms with Crippen LogP contribution in [0.3, 0.4) is 0 Å². The Bertz CT molecular complexity index is 1010. The summed E-state index contributed by atoms with van der Waals surface area (Å²) >= 11 is 3.50. The fourth-order valence-corrected chi connectivity index (χ4v) is 5.10. The molecule has 0 saturated carbocycles. The molecule has 1 aromatic heterocycles. The Morgan fingerprint density at radius 1 is 1.12 bits per heavy atom. The number of carbonyl (C=O) groups is 2. The lowest BCUT2D eigenvalue weighted by Crippen LogP contribution is -2.50. The molecule has 8 heteroatoms. The summed E-state index contributed by atoms with van der Waals surface area (Å²) in [7, 11) is 0. The Balaban J connectivity index is 1.51. The number of benzene rings is 1. The standard InChI is InChI=1S/C25H31BrN4O3/c1-17-22(15-27-18(2)28-17)25(32)30-12-9-23(33-21-8-6-7-20(26)14-21)19(16-30)13-24(31)29-10-4-3-5-11-29/h6-8,14-15,19,23H,3-5,9-13,16H2,1-2H3/t19-,23-/m0/s1. The second-order valence-corrected chi connectivity index (χ2v) is 9.89. The molecule has 7 nitrogen and oxygen atoms in total. The summed E-state index contributed by atoms with van der Waals surface area (Å²) in [6.45, 7) is 6.34. The number of likely N-dealkylation sites (tertiary alicyclic amines) is 2. The highest BCUT2D eigenvalue weighted by Gasteiger charge is 2.36. The van der Waals surface area contributed by atoms with Crippen molar-refractivity contribution in [3.63, 3.8) is 0 Å². The van der Waals surface area contributed by atoms with E-state index in [1.807, 2.05) is 47.9 Å². The molecule has 2 aromatic rings. The van der Waals surface area contributed by atoms with Gasteiger partial charge in [0.15, 0.2) is 0 Å². The first kappa shape index (κ1) is 23.7. The number of carbonyl (C=O) groups excluding carboxylic acids is 2. The predicted molar refractivity (Wildman–Crippen MR) is 129 cm³/mol. The number of nitrogens with zero attached hydrogens (tertiary/aromatic N) is 4. The van der Waals surface area contributed by atoms with E-state index in [0.29, 0.717) is 43.0 Å². The van der Waals surface area contributed by atoms with Gasteiger partial charge in [-0.15, -0.1) is 0 Å². The van der Waals surface area contributed by atoms with Gasteiger partial charge < -0.3 is 14.5 Å². The fraction of sp³-hybridized carbons (Fsp3) is 0.520. The molecule has 176 valence electrons. The van der Waals surface area contributed by atoms with E-state index in [1.165, 1.54) is 6.42 Å². The normalized spacial score (nSPS) is 21.1. The minimum absolute atomic E-state index is 0.0798. The Kier molecular flexibility index (Phi) is 7.63. The van der Waals surface area contributed by atoms with Gasteiger partial charge in [-0.25, -0.2) is 9.97 Å². The summed E-state index contributed by atoms with van der Waals surface area (Å²) in [5, 5.41) is 0. The zero-order valence-electron chi connectivity index (χ0n) is 19.3. The highest BCUT2D eigenvalue weighted by atomic mass is 79.9. The van der Waals surface area contributed by atoms with E-state index in [1.54, 1.807) is 6.20 Å². The molecule has 2 amide bonds. The number of piperidine rings is 2. The molecule has 3 heterocycles. The number of aromatic nitrogens is 2. The molecule has 2 saturated heterocycles. The maximum atomic E-state index is 13.3. The Morgan fingerprint density at radius 2 is 1.91 bits per heavy atom. The van der Waals surface area contributed by atoms with Crippen molar-refractivity contribution in [1.82, 2.24) is 19.8 Å². The first-order chi connectivity index (χ1) is 15.9. The molecule has 0 aliphatic carbocycles. The van der Waals surface area contributed by atoms with Crippen LogP contribution < -0.4 is 4.74 Å². The summed E-state index contributed by atoms with van der Waals surface area (Å²) in [5.41, 5.74) is 1.20. The molecule has 33 heavy (non-hydrogen) atoms. The van der Waals surface area contributed by atoms with Crippen LogP contribution in [0.2, 0.25) is 0 Å². The number of aryl methyl sites for hydroxylation is 2. The van der Waals surface area contributed by atoms with Crippen LogP contribution in [0, 0.1) is 19.8 Å². The van der Waals surface area contributed by atoms with Crippen molar-refractivity contribution in [2.75, 3.05) is 26.2 Å². The second kappa shape index (κ2) is 10.6. The molecule has 1 aromatic carbocycles. The minimum atomic E-state index is -0.132. The maximum absolute atomic E-state index is 13.3. The lowest BCUT2D eigenvalue weighted by atomic mass is 9.90. The van der Waals surface area contributed by atoms with E-state index < -0.39 is 0 Å². The van der Waals surface area contributed by atoms with Gasteiger partial charge in [0, 0.05) is 55.6 Å². The molecule has 0 radical (unpaired) electrons. The first-order valence-corrected chi connectivity index (χ1v) is 12.5. The SMILES string of the molecule is Cc1ncc(C(=O)N2CC[C@H](Oc3cccc(Br)c3)[C@@H](CC(=O)N3CCCCC3)C2)c(C)n1. The van der Waals surface area contributed by atoms with Gasteiger partial charge in [0.1, 0.15) is 17.7 Å². The lowest BCUT2D eigenvalue weighted by Gasteiger charge is -2.39. The van der Waals surface area contributed by atoms with E-state index in [2.05, 4.69) is 25.9 Å². The van der Waals surface area contributed by atoms with Gasteiger partial charge in [-0.2, -0.15) is 0 Å². The average molecular weight is 515 g/mol. The maximum Gasteiger partial charge on any atom is 0.257 e. The molecule has 0 spiro atoms. The van der Waals surface area contributed by atoms with Crippen molar-refractivity contribution in [3.8, 4) is 5.75 Å². The Labute approximate surface area is 203 Å². The number of hydrogen-bond donors (Lipinski definition) is 0. The van der Waals surface area contributed by atoms with Gasteiger partial charge in [0.25, 0.3) is 5.91 Å². The topological polar surface area (TPSA) is 75.6 Å². The van der Waals surface area contributed by atoms with Crippen LogP contribution in [0.5, 0.6) is 5.75 Å². The first-order valence-electron chi connectivity index (χ1n) is 11.7. The van der Waals surface area contributed by atoms with Gasteiger partial charge in [0.2, 0.25) is 5.91 Å². The summed E-state index contributed by atoms with van der Waals surface area (Å²) in [4.78, 5) is 38.7. The summed E-state index contributed by atoms with van der Waals surface area (Å²) in [5.74, 6) is 1.42.